The summed E-state index contributed by atoms with van der Waals surface area (Å²) in [6, 6.07) is 22.6. The Hall–Kier alpha value is -4.63. The number of hydrogen-bond acceptors (Lipinski definition) is 8. The predicted molar refractivity (Wildman–Crippen MR) is 166 cm³/mol. The summed E-state index contributed by atoms with van der Waals surface area (Å²) in [7, 11) is 5.53. The molecule has 3 aromatic carbocycles. The highest BCUT2D eigenvalue weighted by atomic mass is 32.1. The second-order valence-corrected chi connectivity index (χ2v) is 11.0. The molecule has 42 heavy (non-hydrogen) atoms. The van der Waals surface area contributed by atoms with Crippen molar-refractivity contribution < 1.29 is 19.0 Å². The monoisotopic (exact) mass is 583 g/mol. The Morgan fingerprint density at radius 3 is 2.45 bits per heavy atom. The molecule has 0 spiro atoms. The van der Waals surface area contributed by atoms with E-state index in [0.29, 0.717) is 38.7 Å². The molecule has 8 nitrogen and oxygen atoms in total. The Morgan fingerprint density at radius 2 is 1.79 bits per heavy atom. The molecule has 4 aromatic rings. The number of allylic oxidation sites excluding steroid dienone is 1. The molecule has 0 unspecified atom stereocenters. The Balaban J connectivity index is 1.57. The van der Waals surface area contributed by atoms with E-state index >= 15 is 0 Å². The summed E-state index contributed by atoms with van der Waals surface area (Å²) in [5.74, 6) is 0.578. The molecular formula is C33H33N3O5S. The van der Waals surface area contributed by atoms with Gasteiger partial charge in [-0.2, -0.15) is 0 Å². The molecule has 0 bridgehead atoms. The molecule has 0 N–H and O–H groups in total. The number of benzene rings is 3. The molecule has 0 saturated heterocycles. The summed E-state index contributed by atoms with van der Waals surface area (Å²) >= 11 is 1.29. The first-order valence-corrected chi connectivity index (χ1v) is 14.4. The van der Waals surface area contributed by atoms with Gasteiger partial charge in [-0.05, 0) is 60.9 Å². The lowest BCUT2D eigenvalue weighted by Gasteiger charge is -2.23. The number of thiazole rings is 1. The van der Waals surface area contributed by atoms with Crippen LogP contribution >= 0.6 is 11.3 Å². The van der Waals surface area contributed by atoms with Crippen molar-refractivity contribution in [2.45, 2.75) is 26.5 Å². The molecular weight excluding hydrogens is 550 g/mol. The highest BCUT2D eigenvalue weighted by molar-refractivity contribution is 7.07. The summed E-state index contributed by atoms with van der Waals surface area (Å²) in [6.07, 6.45) is 1.85. The Kier molecular flexibility index (Phi) is 8.59. The summed E-state index contributed by atoms with van der Waals surface area (Å²) in [5.41, 5.74) is 4.30. The summed E-state index contributed by atoms with van der Waals surface area (Å²) in [5, 5.41) is 0. The highest BCUT2D eigenvalue weighted by Crippen LogP contribution is 2.37. The van der Waals surface area contributed by atoms with Gasteiger partial charge >= 0.3 is 5.97 Å². The number of hydrogen-bond donors (Lipinski definition) is 0. The van der Waals surface area contributed by atoms with Crippen molar-refractivity contribution in [1.82, 2.24) is 4.57 Å². The minimum absolute atomic E-state index is 0.200. The van der Waals surface area contributed by atoms with Crippen LogP contribution in [0.5, 0.6) is 11.5 Å². The molecule has 2 heterocycles. The zero-order valence-electron chi connectivity index (χ0n) is 24.3. The first-order valence-electron chi connectivity index (χ1n) is 13.6. The number of esters is 1. The lowest BCUT2D eigenvalue weighted by Crippen LogP contribution is -2.35. The van der Waals surface area contributed by atoms with E-state index in [2.05, 4.69) is 0 Å². The van der Waals surface area contributed by atoms with Gasteiger partial charge in [-0.25, -0.2) is 9.79 Å². The second-order valence-electron chi connectivity index (χ2n) is 9.96. The first-order chi connectivity index (χ1) is 20.3. The molecule has 216 valence electrons. The van der Waals surface area contributed by atoms with Crippen LogP contribution in [0.1, 0.15) is 36.6 Å². The van der Waals surface area contributed by atoms with Crippen molar-refractivity contribution in [2.75, 3.05) is 32.7 Å². The average molecular weight is 584 g/mol. The minimum atomic E-state index is -0.689. The molecule has 0 amide bonds. The number of fused-ring (bicyclic) bond motifs is 1. The van der Waals surface area contributed by atoms with E-state index in [1.807, 2.05) is 97.9 Å². The largest absolute Gasteiger partial charge is 0.493 e. The lowest BCUT2D eigenvalue weighted by molar-refractivity contribution is -0.138. The SMILES string of the molecule is CCOC(=O)C1=C(C)n2c(s/c(=C\c3ccc(N(C)C)cc3)c2=O)=N[C@@H]1c1ccc(OCc2ccccc2)c(OC)c1. The zero-order chi connectivity index (χ0) is 29.8. The van der Waals surface area contributed by atoms with Crippen molar-refractivity contribution in [2.24, 2.45) is 4.99 Å². The van der Waals surface area contributed by atoms with Crippen LogP contribution < -0.4 is 29.3 Å². The van der Waals surface area contributed by atoms with Crippen molar-refractivity contribution in [3.63, 3.8) is 0 Å². The maximum Gasteiger partial charge on any atom is 0.338 e. The molecule has 0 saturated carbocycles. The fourth-order valence-electron chi connectivity index (χ4n) is 4.79. The first kappa shape index (κ1) is 28.9. The van der Waals surface area contributed by atoms with Gasteiger partial charge in [-0.15, -0.1) is 0 Å². The van der Waals surface area contributed by atoms with Crippen LogP contribution in [-0.2, 0) is 16.1 Å². The Labute approximate surface area is 248 Å². The number of carbonyl (C=O) groups is 1. The maximum absolute atomic E-state index is 13.6. The van der Waals surface area contributed by atoms with Crippen molar-refractivity contribution in [3.8, 4) is 11.5 Å². The van der Waals surface area contributed by atoms with Crippen LogP contribution in [0.3, 0.4) is 0 Å². The minimum Gasteiger partial charge on any atom is -0.493 e. The van der Waals surface area contributed by atoms with E-state index in [0.717, 1.165) is 22.4 Å². The van der Waals surface area contributed by atoms with Crippen molar-refractivity contribution in [3.05, 3.63) is 115 Å². The fourth-order valence-corrected chi connectivity index (χ4v) is 5.83. The molecule has 5 rings (SSSR count). The standard InChI is InChI=1S/C33H33N3O5S/c1-6-40-32(38)29-21(2)36-31(37)28(18-22-12-15-25(16-13-22)35(3)4)42-33(36)34-30(29)24-14-17-26(27(19-24)39-5)41-20-23-10-8-7-9-11-23/h7-19,30H,6,20H2,1-5H3/b28-18-/t30-/m1/s1. The topological polar surface area (TPSA) is 82.4 Å². The molecule has 1 atom stereocenters. The van der Waals surface area contributed by atoms with Crippen LogP contribution in [0.25, 0.3) is 11.8 Å². The summed E-state index contributed by atoms with van der Waals surface area (Å²) in [6.45, 7) is 4.10. The summed E-state index contributed by atoms with van der Waals surface area (Å²) < 4.78 is 19.1. The van der Waals surface area contributed by atoms with Gasteiger partial charge in [-0.3, -0.25) is 9.36 Å². The van der Waals surface area contributed by atoms with Crippen LogP contribution in [0.15, 0.2) is 88.2 Å². The van der Waals surface area contributed by atoms with Gasteiger partial charge in [0.2, 0.25) is 0 Å². The van der Waals surface area contributed by atoms with Crippen LogP contribution in [0.4, 0.5) is 5.69 Å². The number of aromatic nitrogens is 1. The number of nitrogens with zero attached hydrogens (tertiary/aromatic N) is 3. The average Bonchev–Trinajstić information content (AvgIpc) is 3.31. The van der Waals surface area contributed by atoms with Gasteiger partial charge in [0.15, 0.2) is 16.3 Å². The molecule has 1 aromatic heterocycles. The summed E-state index contributed by atoms with van der Waals surface area (Å²) in [4.78, 5) is 34.3. The van der Waals surface area contributed by atoms with Gasteiger partial charge in [0.05, 0.1) is 23.8 Å². The van der Waals surface area contributed by atoms with Gasteiger partial charge in [-0.1, -0.05) is 59.9 Å². The van der Waals surface area contributed by atoms with E-state index in [1.165, 1.54) is 15.9 Å². The molecule has 0 radical (unpaired) electrons. The van der Waals surface area contributed by atoms with E-state index in [4.69, 9.17) is 19.2 Å². The lowest BCUT2D eigenvalue weighted by atomic mass is 9.96. The Bertz CT molecular complexity index is 1810. The van der Waals surface area contributed by atoms with Gasteiger partial charge in [0.1, 0.15) is 12.6 Å². The second kappa shape index (κ2) is 12.5. The normalized spacial score (nSPS) is 14.7. The fraction of sp³-hybridized carbons (Fsp3) is 0.242. The van der Waals surface area contributed by atoms with E-state index in [-0.39, 0.29) is 12.2 Å². The third-order valence-corrected chi connectivity index (χ3v) is 7.97. The van der Waals surface area contributed by atoms with Crippen LogP contribution in [0.2, 0.25) is 0 Å². The molecule has 0 fully saturated rings. The van der Waals surface area contributed by atoms with Crippen molar-refractivity contribution in [1.29, 1.82) is 0 Å². The van der Waals surface area contributed by atoms with Crippen LogP contribution in [-0.4, -0.2) is 38.3 Å². The number of carbonyl (C=O) groups excluding carboxylic acids is 1. The Morgan fingerprint density at radius 1 is 1.05 bits per heavy atom. The van der Waals surface area contributed by atoms with Gasteiger partial charge in [0.25, 0.3) is 5.56 Å². The number of ether oxygens (including phenoxy) is 3. The van der Waals surface area contributed by atoms with Gasteiger partial charge in [0, 0.05) is 25.5 Å². The zero-order valence-corrected chi connectivity index (χ0v) is 25.1. The molecule has 1 aliphatic rings. The van der Waals surface area contributed by atoms with Crippen molar-refractivity contribution >= 4 is 34.8 Å². The number of rotatable bonds is 9. The third-order valence-electron chi connectivity index (χ3n) is 6.99. The molecule has 9 heteroatoms. The molecule has 1 aliphatic heterocycles. The van der Waals surface area contributed by atoms with Crippen LogP contribution in [0, 0.1) is 0 Å². The molecule has 0 aliphatic carbocycles. The highest BCUT2D eigenvalue weighted by Gasteiger charge is 2.32. The van der Waals surface area contributed by atoms with E-state index < -0.39 is 12.0 Å². The van der Waals surface area contributed by atoms with E-state index in [9.17, 15) is 9.59 Å². The van der Waals surface area contributed by atoms with Gasteiger partial charge < -0.3 is 19.1 Å². The number of anilines is 1. The predicted octanol–water partition coefficient (Wildman–Crippen LogP) is 4.56. The van der Waals surface area contributed by atoms with E-state index in [1.54, 1.807) is 21.0 Å². The maximum atomic E-state index is 13.6. The smallest absolute Gasteiger partial charge is 0.338 e. The number of methoxy groups -OCH3 is 1. The third kappa shape index (κ3) is 5.87. The quantitative estimate of drug-likeness (QED) is 0.269.